The highest BCUT2D eigenvalue weighted by Gasteiger charge is 2.50. The number of rotatable bonds is 5. The van der Waals surface area contributed by atoms with E-state index < -0.39 is 8.32 Å². The molecule has 0 N–H and O–H groups in total. The summed E-state index contributed by atoms with van der Waals surface area (Å²) in [5, 5.41) is 2.70. The van der Waals surface area contributed by atoms with Crippen LogP contribution >= 0.6 is 0 Å². The molecule has 0 aliphatic carbocycles. The van der Waals surface area contributed by atoms with Crippen molar-refractivity contribution in [3.05, 3.63) is 60.7 Å². The Morgan fingerprint density at radius 1 is 0.957 bits per heavy atom. The Bertz CT molecular complexity index is 576. The van der Waals surface area contributed by atoms with Gasteiger partial charge in [-0.2, -0.15) is 0 Å². The molecule has 1 aliphatic heterocycles. The quantitative estimate of drug-likeness (QED) is 0.785. The molecule has 1 saturated heterocycles. The molecule has 0 saturated carbocycles. The van der Waals surface area contributed by atoms with Gasteiger partial charge in [0.2, 0.25) is 0 Å². The first kappa shape index (κ1) is 16.4. The fraction of sp³-hybridized carbons (Fsp3) is 0.400. The SMILES string of the molecule is CC(C)(C)[Si](OC[C@@H]1CCO1)(c1ccccc1)c1ccccc1. The van der Waals surface area contributed by atoms with Gasteiger partial charge in [0, 0.05) is 6.61 Å². The van der Waals surface area contributed by atoms with Crippen molar-refractivity contribution in [3.63, 3.8) is 0 Å². The number of hydrogen-bond acceptors (Lipinski definition) is 2. The van der Waals surface area contributed by atoms with Crippen LogP contribution in [0.5, 0.6) is 0 Å². The first-order chi connectivity index (χ1) is 11.0. The van der Waals surface area contributed by atoms with Crippen LogP contribution in [0.3, 0.4) is 0 Å². The van der Waals surface area contributed by atoms with Gasteiger partial charge < -0.3 is 9.16 Å². The minimum Gasteiger partial charge on any atom is -0.405 e. The van der Waals surface area contributed by atoms with Gasteiger partial charge in [0.25, 0.3) is 8.32 Å². The normalized spacial score (nSPS) is 18.5. The third-order valence-corrected chi connectivity index (χ3v) is 9.70. The van der Waals surface area contributed by atoms with E-state index in [2.05, 4.69) is 81.4 Å². The Labute approximate surface area is 140 Å². The van der Waals surface area contributed by atoms with E-state index in [0.29, 0.717) is 6.61 Å². The molecule has 1 heterocycles. The summed E-state index contributed by atoms with van der Waals surface area (Å²) in [7, 11) is -2.37. The predicted octanol–water partition coefficient (Wildman–Crippen LogP) is 3.35. The topological polar surface area (TPSA) is 18.5 Å². The molecule has 1 fully saturated rings. The molecule has 3 heteroatoms. The molecule has 2 aromatic carbocycles. The van der Waals surface area contributed by atoms with Crippen LogP contribution in [0.25, 0.3) is 0 Å². The number of ether oxygens (including phenoxy) is 1. The molecule has 1 atom stereocenters. The van der Waals surface area contributed by atoms with Crippen LogP contribution in [-0.4, -0.2) is 27.6 Å². The van der Waals surface area contributed by atoms with Crippen molar-refractivity contribution in [1.82, 2.24) is 0 Å². The monoisotopic (exact) mass is 326 g/mol. The maximum absolute atomic E-state index is 6.78. The van der Waals surface area contributed by atoms with Crippen molar-refractivity contribution in [2.45, 2.75) is 38.3 Å². The summed E-state index contributed by atoms with van der Waals surface area (Å²) in [5.74, 6) is 0. The maximum atomic E-state index is 6.78. The van der Waals surface area contributed by atoms with Gasteiger partial charge in [-0.25, -0.2) is 0 Å². The molecule has 0 spiro atoms. The average Bonchev–Trinajstić information content (AvgIpc) is 2.50. The van der Waals surface area contributed by atoms with Gasteiger partial charge >= 0.3 is 0 Å². The van der Waals surface area contributed by atoms with Crippen molar-refractivity contribution >= 4 is 18.7 Å². The number of benzene rings is 2. The zero-order valence-electron chi connectivity index (χ0n) is 14.3. The van der Waals surface area contributed by atoms with Crippen LogP contribution in [0, 0.1) is 0 Å². The lowest BCUT2D eigenvalue weighted by molar-refractivity contribution is -0.0738. The molecule has 0 amide bonds. The maximum Gasteiger partial charge on any atom is 0.261 e. The van der Waals surface area contributed by atoms with Crippen molar-refractivity contribution in [1.29, 1.82) is 0 Å². The van der Waals surface area contributed by atoms with Crippen LogP contribution in [0.1, 0.15) is 27.2 Å². The molecule has 3 rings (SSSR count). The van der Waals surface area contributed by atoms with E-state index in [9.17, 15) is 0 Å². The Hall–Kier alpha value is -1.42. The van der Waals surface area contributed by atoms with E-state index in [4.69, 9.17) is 9.16 Å². The van der Waals surface area contributed by atoms with Gasteiger partial charge in [-0.1, -0.05) is 81.4 Å². The molecule has 0 unspecified atom stereocenters. The van der Waals surface area contributed by atoms with Crippen LogP contribution in [0.4, 0.5) is 0 Å². The first-order valence-electron chi connectivity index (χ1n) is 8.41. The van der Waals surface area contributed by atoms with E-state index in [1.807, 2.05) is 0 Å². The lowest BCUT2D eigenvalue weighted by atomic mass is 10.2. The van der Waals surface area contributed by atoms with Crippen molar-refractivity contribution in [2.75, 3.05) is 13.2 Å². The summed E-state index contributed by atoms with van der Waals surface area (Å²) in [6, 6.07) is 21.5. The van der Waals surface area contributed by atoms with E-state index in [1.54, 1.807) is 0 Å². The van der Waals surface area contributed by atoms with E-state index in [-0.39, 0.29) is 11.1 Å². The Balaban J connectivity index is 2.08. The summed E-state index contributed by atoms with van der Waals surface area (Å²) >= 11 is 0. The van der Waals surface area contributed by atoms with Crippen LogP contribution in [0.15, 0.2) is 60.7 Å². The number of hydrogen-bond donors (Lipinski definition) is 0. The van der Waals surface area contributed by atoms with E-state index in [1.165, 1.54) is 10.4 Å². The van der Waals surface area contributed by atoms with Gasteiger partial charge in [-0.15, -0.1) is 0 Å². The summed E-state index contributed by atoms with van der Waals surface area (Å²) in [4.78, 5) is 0. The molecular weight excluding hydrogens is 300 g/mol. The second-order valence-electron chi connectivity index (χ2n) is 7.26. The van der Waals surface area contributed by atoms with Crippen molar-refractivity contribution in [2.24, 2.45) is 0 Å². The molecular formula is C20H26O2Si. The second kappa shape index (κ2) is 6.60. The predicted molar refractivity (Wildman–Crippen MR) is 97.9 cm³/mol. The molecule has 23 heavy (non-hydrogen) atoms. The van der Waals surface area contributed by atoms with Gasteiger partial charge in [0.15, 0.2) is 0 Å². The first-order valence-corrected chi connectivity index (χ1v) is 10.3. The molecule has 122 valence electrons. The summed E-state index contributed by atoms with van der Waals surface area (Å²) < 4.78 is 12.4. The fourth-order valence-corrected chi connectivity index (χ4v) is 7.99. The fourth-order valence-electron chi connectivity index (χ4n) is 3.40. The highest BCUT2D eigenvalue weighted by Crippen LogP contribution is 2.37. The van der Waals surface area contributed by atoms with E-state index in [0.717, 1.165) is 13.0 Å². The summed E-state index contributed by atoms with van der Waals surface area (Å²) in [5.41, 5.74) is 0. The van der Waals surface area contributed by atoms with Crippen molar-refractivity contribution in [3.8, 4) is 0 Å². The minimum absolute atomic E-state index is 0.0411. The average molecular weight is 327 g/mol. The Kier molecular flexibility index (Phi) is 4.71. The molecule has 2 nitrogen and oxygen atoms in total. The van der Waals surface area contributed by atoms with E-state index >= 15 is 0 Å². The largest absolute Gasteiger partial charge is 0.405 e. The Morgan fingerprint density at radius 2 is 1.43 bits per heavy atom. The van der Waals surface area contributed by atoms with Crippen molar-refractivity contribution < 1.29 is 9.16 Å². The molecule has 0 bridgehead atoms. The Morgan fingerprint density at radius 3 is 1.78 bits per heavy atom. The highest BCUT2D eigenvalue weighted by atomic mass is 28.4. The van der Waals surface area contributed by atoms with Crippen LogP contribution in [-0.2, 0) is 9.16 Å². The highest BCUT2D eigenvalue weighted by molar-refractivity contribution is 6.99. The van der Waals surface area contributed by atoms with Gasteiger partial charge in [-0.3, -0.25) is 0 Å². The standard InChI is InChI=1S/C20H26O2Si/c1-20(2,3)23(18-10-6-4-7-11-18,19-12-8-5-9-13-19)22-16-17-14-15-21-17/h4-13,17H,14-16H2,1-3H3/t17-/m0/s1. The van der Waals surface area contributed by atoms with Gasteiger partial charge in [-0.05, 0) is 21.8 Å². The summed E-state index contributed by atoms with van der Waals surface area (Å²) in [6.07, 6.45) is 1.37. The summed E-state index contributed by atoms with van der Waals surface area (Å²) in [6.45, 7) is 8.48. The molecule has 0 radical (unpaired) electrons. The lowest BCUT2D eigenvalue weighted by Crippen LogP contribution is -2.67. The van der Waals surface area contributed by atoms with Crippen LogP contribution in [0.2, 0.25) is 5.04 Å². The van der Waals surface area contributed by atoms with Gasteiger partial charge in [0.05, 0.1) is 12.7 Å². The minimum atomic E-state index is -2.37. The zero-order valence-corrected chi connectivity index (χ0v) is 15.3. The smallest absolute Gasteiger partial charge is 0.261 e. The van der Waals surface area contributed by atoms with Gasteiger partial charge in [0.1, 0.15) is 0 Å². The van der Waals surface area contributed by atoms with Crippen LogP contribution < -0.4 is 10.4 Å². The second-order valence-corrected chi connectivity index (χ2v) is 11.6. The molecule has 1 aliphatic rings. The molecule has 2 aromatic rings. The molecule has 0 aromatic heterocycles. The zero-order chi connectivity index (χ0) is 16.3. The third-order valence-electron chi connectivity index (χ3n) is 4.70. The third kappa shape index (κ3) is 3.14. The lowest BCUT2D eigenvalue weighted by Gasteiger charge is -2.44.